The van der Waals surface area contributed by atoms with E-state index in [1.165, 1.54) is 32.2 Å². The molecule has 0 aliphatic heterocycles. The topological polar surface area (TPSA) is 67.4 Å². The van der Waals surface area contributed by atoms with Gasteiger partial charge in [-0.2, -0.15) is 0 Å². The third-order valence-electron chi connectivity index (χ3n) is 3.41. The van der Waals surface area contributed by atoms with Crippen LogP contribution in [0, 0.1) is 5.82 Å². The van der Waals surface area contributed by atoms with E-state index in [1.807, 2.05) is 30.3 Å². The standard InChI is InChI=1S/C18H19FN2O3/c1-12(22)20-16(13-6-4-3-5-7-13)11-18(23)21-15-9-8-14(19)10-17(15)24-2/h3-10,16H,11H2,1-2H3,(H,20,22)(H,21,23). The third kappa shape index (κ3) is 4.81. The van der Waals surface area contributed by atoms with Gasteiger partial charge in [-0.3, -0.25) is 9.59 Å². The summed E-state index contributed by atoms with van der Waals surface area (Å²) in [4.78, 5) is 23.7. The minimum absolute atomic E-state index is 0.0458. The Morgan fingerprint density at radius 2 is 1.88 bits per heavy atom. The van der Waals surface area contributed by atoms with Crippen LogP contribution in [0.15, 0.2) is 48.5 Å². The monoisotopic (exact) mass is 330 g/mol. The lowest BCUT2D eigenvalue weighted by atomic mass is 10.0. The zero-order chi connectivity index (χ0) is 17.5. The molecule has 0 bridgehead atoms. The molecule has 24 heavy (non-hydrogen) atoms. The highest BCUT2D eigenvalue weighted by Gasteiger charge is 2.18. The molecule has 1 atom stereocenters. The van der Waals surface area contributed by atoms with Crippen molar-refractivity contribution in [2.24, 2.45) is 0 Å². The number of anilines is 1. The molecule has 6 heteroatoms. The van der Waals surface area contributed by atoms with Gasteiger partial charge in [-0.15, -0.1) is 0 Å². The number of hydrogen-bond donors (Lipinski definition) is 2. The average molecular weight is 330 g/mol. The van der Waals surface area contributed by atoms with Crippen LogP contribution in [0.4, 0.5) is 10.1 Å². The number of carbonyl (C=O) groups is 2. The summed E-state index contributed by atoms with van der Waals surface area (Å²) >= 11 is 0. The lowest BCUT2D eigenvalue weighted by Gasteiger charge is -2.18. The van der Waals surface area contributed by atoms with Gasteiger partial charge in [0, 0.05) is 13.0 Å². The van der Waals surface area contributed by atoms with E-state index in [0.29, 0.717) is 5.69 Å². The maximum Gasteiger partial charge on any atom is 0.226 e. The van der Waals surface area contributed by atoms with Crippen molar-refractivity contribution in [2.75, 3.05) is 12.4 Å². The van der Waals surface area contributed by atoms with Gasteiger partial charge in [-0.25, -0.2) is 4.39 Å². The largest absolute Gasteiger partial charge is 0.494 e. The van der Waals surface area contributed by atoms with Crippen molar-refractivity contribution >= 4 is 17.5 Å². The van der Waals surface area contributed by atoms with Crippen molar-refractivity contribution < 1.29 is 18.7 Å². The lowest BCUT2D eigenvalue weighted by Crippen LogP contribution is -2.29. The Kier molecular flexibility index (Phi) is 5.89. The molecule has 2 N–H and O–H groups in total. The molecule has 0 spiro atoms. The van der Waals surface area contributed by atoms with Crippen molar-refractivity contribution in [3.8, 4) is 5.75 Å². The number of carbonyl (C=O) groups excluding carboxylic acids is 2. The molecule has 0 saturated heterocycles. The Labute approximate surface area is 139 Å². The van der Waals surface area contributed by atoms with Crippen LogP contribution < -0.4 is 15.4 Å². The average Bonchev–Trinajstić information content (AvgIpc) is 2.56. The number of rotatable bonds is 6. The van der Waals surface area contributed by atoms with E-state index in [-0.39, 0.29) is 24.0 Å². The van der Waals surface area contributed by atoms with Crippen LogP contribution >= 0.6 is 0 Å². The fourth-order valence-corrected chi connectivity index (χ4v) is 2.34. The Hall–Kier alpha value is -2.89. The highest BCUT2D eigenvalue weighted by Crippen LogP contribution is 2.26. The maximum absolute atomic E-state index is 13.2. The number of nitrogens with one attached hydrogen (secondary N) is 2. The minimum Gasteiger partial charge on any atom is -0.494 e. The Bertz CT molecular complexity index is 719. The molecule has 0 aromatic heterocycles. The van der Waals surface area contributed by atoms with Gasteiger partial charge < -0.3 is 15.4 Å². The molecule has 2 aromatic carbocycles. The molecule has 2 amide bonds. The van der Waals surface area contributed by atoms with Crippen molar-refractivity contribution in [2.45, 2.75) is 19.4 Å². The smallest absolute Gasteiger partial charge is 0.226 e. The van der Waals surface area contributed by atoms with Gasteiger partial charge in [-0.1, -0.05) is 30.3 Å². The highest BCUT2D eigenvalue weighted by molar-refractivity contribution is 5.93. The second-order valence-electron chi connectivity index (χ2n) is 5.26. The summed E-state index contributed by atoms with van der Waals surface area (Å²) in [6.45, 7) is 1.40. The van der Waals surface area contributed by atoms with Gasteiger partial charge in [0.05, 0.1) is 25.3 Å². The van der Waals surface area contributed by atoms with Gasteiger partial charge in [0.1, 0.15) is 11.6 Å². The molecular formula is C18H19FN2O3. The molecule has 5 nitrogen and oxygen atoms in total. The molecule has 0 radical (unpaired) electrons. The maximum atomic E-state index is 13.2. The molecule has 1 unspecified atom stereocenters. The SMILES string of the molecule is COc1cc(F)ccc1NC(=O)CC(NC(C)=O)c1ccccc1. The first-order valence-electron chi connectivity index (χ1n) is 7.45. The molecular weight excluding hydrogens is 311 g/mol. The van der Waals surface area contributed by atoms with E-state index < -0.39 is 11.9 Å². The summed E-state index contributed by atoms with van der Waals surface area (Å²) in [6.07, 6.45) is 0.0458. The molecule has 2 rings (SSSR count). The number of hydrogen-bond acceptors (Lipinski definition) is 3. The molecule has 0 fully saturated rings. The lowest BCUT2D eigenvalue weighted by molar-refractivity contribution is -0.120. The van der Waals surface area contributed by atoms with E-state index in [1.54, 1.807) is 0 Å². The van der Waals surface area contributed by atoms with Crippen LogP contribution in [0.25, 0.3) is 0 Å². The van der Waals surface area contributed by atoms with Crippen LogP contribution in [0.3, 0.4) is 0 Å². The quantitative estimate of drug-likeness (QED) is 0.855. The predicted molar refractivity (Wildman–Crippen MR) is 89.2 cm³/mol. The molecule has 126 valence electrons. The van der Waals surface area contributed by atoms with Crippen molar-refractivity contribution in [1.29, 1.82) is 0 Å². The van der Waals surface area contributed by atoms with Crippen molar-refractivity contribution in [3.63, 3.8) is 0 Å². The molecule has 0 saturated carbocycles. The summed E-state index contributed by atoms with van der Waals surface area (Å²) in [5.74, 6) is -0.761. The summed E-state index contributed by atoms with van der Waals surface area (Å²) in [7, 11) is 1.40. The van der Waals surface area contributed by atoms with E-state index in [4.69, 9.17) is 4.74 Å². The second kappa shape index (κ2) is 8.10. The summed E-state index contributed by atoms with van der Waals surface area (Å²) in [6, 6.07) is 12.6. The Morgan fingerprint density at radius 1 is 1.17 bits per heavy atom. The first kappa shape index (κ1) is 17.5. The van der Waals surface area contributed by atoms with Gasteiger partial charge in [0.15, 0.2) is 0 Å². The minimum atomic E-state index is -0.453. The van der Waals surface area contributed by atoms with Crippen LogP contribution in [-0.4, -0.2) is 18.9 Å². The number of halogens is 1. The zero-order valence-corrected chi connectivity index (χ0v) is 13.5. The van der Waals surface area contributed by atoms with Crippen LogP contribution in [-0.2, 0) is 9.59 Å². The summed E-state index contributed by atoms with van der Waals surface area (Å²) in [5.41, 5.74) is 1.20. The van der Waals surface area contributed by atoms with Gasteiger partial charge in [-0.05, 0) is 17.7 Å². The fourth-order valence-electron chi connectivity index (χ4n) is 2.34. The first-order valence-corrected chi connectivity index (χ1v) is 7.45. The fraction of sp³-hybridized carbons (Fsp3) is 0.222. The first-order chi connectivity index (χ1) is 11.5. The van der Waals surface area contributed by atoms with Gasteiger partial charge in [0.2, 0.25) is 11.8 Å². The molecule has 0 aliphatic carbocycles. The Balaban J connectivity index is 2.12. The normalized spacial score (nSPS) is 11.5. The van der Waals surface area contributed by atoms with Crippen LogP contribution in [0.5, 0.6) is 5.75 Å². The van der Waals surface area contributed by atoms with E-state index in [0.717, 1.165) is 5.56 Å². The number of amides is 2. The van der Waals surface area contributed by atoms with Crippen LogP contribution in [0.1, 0.15) is 24.9 Å². The number of benzene rings is 2. The van der Waals surface area contributed by atoms with Crippen LogP contribution in [0.2, 0.25) is 0 Å². The van der Waals surface area contributed by atoms with Crippen molar-refractivity contribution in [1.82, 2.24) is 5.32 Å². The molecule has 0 heterocycles. The number of ether oxygens (including phenoxy) is 1. The Morgan fingerprint density at radius 3 is 2.50 bits per heavy atom. The third-order valence-corrected chi connectivity index (χ3v) is 3.41. The van der Waals surface area contributed by atoms with E-state index in [2.05, 4.69) is 10.6 Å². The summed E-state index contributed by atoms with van der Waals surface area (Å²) < 4.78 is 18.3. The van der Waals surface area contributed by atoms with Gasteiger partial charge >= 0.3 is 0 Å². The number of methoxy groups -OCH3 is 1. The van der Waals surface area contributed by atoms with E-state index in [9.17, 15) is 14.0 Å². The van der Waals surface area contributed by atoms with Crippen molar-refractivity contribution in [3.05, 3.63) is 59.9 Å². The van der Waals surface area contributed by atoms with Gasteiger partial charge in [0.25, 0.3) is 0 Å². The van der Waals surface area contributed by atoms with E-state index >= 15 is 0 Å². The second-order valence-corrected chi connectivity index (χ2v) is 5.26. The summed E-state index contributed by atoms with van der Waals surface area (Å²) in [5, 5.41) is 5.44. The predicted octanol–water partition coefficient (Wildman–Crippen LogP) is 3.04. The molecule has 0 aliphatic rings. The molecule has 2 aromatic rings. The highest BCUT2D eigenvalue weighted by atomic mass is 19.1. The zero-order valence-electron chi connectivity index (χ0n) is 13.5.